The second-order valence-electron chi connectivity index (χ2n) is 6.41. The van der Waals surface area contributed by atoms with Gasteiger partial charge in [-0.05, 0) is 44.7 Å². The Balaban J connectivity index is 1.94. The van der Waals surface area contributed by atoms with Crippen molar-refractivity contribution < 1.29 is 0 Å². The van der Waals surface area contributed by atoms with Crippen molar-refractivity contribution >= 4 is 0 Å². The van der Waals surface area contributed by atoms with Crippen molar-refractivity contribution in [2.24, 2.45) is 5.92 Å². The van der Waals surface area contributed by atoms with Crippen LogP contribution in [0.4, 0.5) is 0 Å². The van der Waals surface area contributed by atoms with Gasteiger partial charge in [0.05, 0.1) is 0 Å². The summed E-state index contributed by atoms with van der Waals surface area (Å²) in [7, 11) is 0. The van der Waals surface area contributed by atoms with E-state index < -0.39 is 0 Å². The number of aryl methyl sites for hydroxylation is 1. The molecule has 1 saturated heterocycles. The number of likely N-dealkylation sites (tertiary alicyclic amines) is 1. The molecule has 2 heteroatoms. The highest BCUT2D eigenvalue weighted by molar-refractivity contribution is 5.22. The zero-order valence-corrected chi connectivity index (χ0v) is 13.5. The van der Waals surface area contributed by atoms with E-state index in [1.54, 1.807) is 0 Å². The lowest BCUT2D eigenvalue weighted by Gasteiger charge is -2.43. The maximum atomic E-state index is 3.72. The molecule has 1 heterocycles. The van der Waals surface area contributed by atoms with Crippen molar-refractivity contribution in [2.75, 3.05) is 13.1 Å². The molecule has 112 valence electrons. The second-order valence-corrected chi connectivity index (χ2v) is 6.41. The summed E-state index contributed by atoms with van der Waals surface area (Å²) in [4.78, 5) is 2.64. The Morgan fingerprint density at radius 1 is 1.30 bits per heavy atom. The predicted molar refractivity (Wildman–Crippen MR) is 86.9 cm³/mol. The molecule has 1 aliphatic heterocycles. The summed E-state index contributed by atoms with van der Waals surface area (Å²) < 4.78 is 0. The highest BCUT2D eigenvalue weighted by Gasteiger charge is 2.31. The Bertz CT molecular complexity index is 416. The van der Waals surface area contributed by atoms with E-state index in [0.717, 1.165) is 19.0 Å². The summed E-state index contributed by atoms with van der Waals surface area (Å²) in [6, 6.07) is 10.3. The lowest BCUT2D eigenvalue weighted by molar-refractivity contribution is 0.0785. The average Bonchev–Trinajstić information content (AvgIpc) is 2.43. The molecule has 0 bridgehead atoms. The van der Waals surface area contributed by atoms with E-state index in [9.17, 15) is 0 Å². The van der Waals surface area contributed by atoms with Crippen molar-refractivity contribution in [3.63, 3.8) is 0 Å². The number of rotatable bonds is 5. The SMILES string of the molecule is CCCNC1CCN(Cc2cccc(C)c2)C(C)C1C. The van der Waals surface area contributed by atoms with E-state index in [0.29, 0.717) is 12.1 Å². The first-order valence-electron chi connectivity index (χ1n) is 8.14. The number of nitrogens with one attached hydrogen (secondary N) is 1. The predicted octanol–water partition coefficient (Wildman–Crippen LogP) is 3.59. The maximum absolute atomic E-state index is 3.72. The zero-order valence-electron chi connectivity index (χ0n) is 13.5. The van der Waals surface area contributed by atoms with Gasteiger partial charge in [0, 0.05) is 25.2 Å². The van der Waals surface area contributed by atoms with Crippen LogP contribution in [0.25, 0.3) is 0 Å². The maximum Gasteiger partial charge on any atom is 0.0236 e. The lowest BCUT2D eigenvalue weighted by Crippen LogP contribution is -2.53. The van der Waals surface area contributed by atoms with Crippen LogP contribution < -0.4 is 5.32 Å². The minimum absolute atomic E-state index is 0.651. The van der Waals surface area contributed by atoms with Crippen molar-refractivity contribution in [2.45, 2.75) is 59.2 Å². The smallest absolute Gasteiger partial charge is 0.0236 e. The lowest BCUT2D eigenvalue weighted by atomic mass is 9.86. The largest absolute Gasteiger partial charge is 0.314 e. The molecule has 2 rings (SSSR count). The molecule has 3 atom stereocenters. The molecule has 0 aromatic heterocycles. The highest BCUT2D eigenvalue weighted by Crippen LogP contribution is 2.25. The average molecular weight is 274 g/mol. The molecule has 1 N–H and O–H groups in total. The Morgan fingerprint density at radius 3 is 2.80 bits per heavy atom. The normalized spacial score (nSPS) is 27.7. The molecule has 3 unspecified atom stereocenters. The van der Waals surface area contributed by atoms with Crippen molar-refractivity contribution in [3.05, 3.63) is 35.4 Å². The van der Waals surface area contributed by atoms with Crippen LogP contribution in [0.15, 0.2) is 24.3 Å². The molecule has 20 heavy (non-hydrogen) atoms. The number of nitrogens with zero attached hydrogens (tertiary/aromatic N) is 1. The molecular weight excluding hydrogens is 244 g/mol. The van der Waals surface area contributed by atoms with Crippen LogP contribution in [-0.4, -0.2) is 30.1 Å². The van der Waals surface area contributed by atoms with Crippen LogP contribution in [-0.2, 0) is 6.54 Å². The summed E-state index contributed by atoms with van der Waals surface area (Å²) in [6.07, 6.45) is 2.50. The Morgan fingerprint density at radius 2 is 2.10 bits per heavy atom. The van der Waals surface area contributed by atoms with Crippen LogP contribution in [0.1, 0.15) is 44.7 Å². The number of hydrogen-bond acceptors (Lipinski definition) is 2. The fourth-order valence-corrected chi connectivity index (χ4v) is 3.33. The Hall–Kier alpha value is -0.860. The molecular formula is C18H30N2. The van der Waals surface area contributed by atoms with Gasteiger partial charge in [0.2, 0.25) is 0 Å². The molecule has 1 aromatic carbocycles. The van der Waals surface area contributed by atoms with Gasteiger partial charge in [0.15, 0.2) is 0 Å². The topological polar surface area (TPSA) is 15.3 Å². The van der Waals surface area contributed by atoms with Gasteiger partial charge in [-0.3, -0.25) is 4.90 Å². The summed E-state index contributed by atoms with van der Waals surface area (Å²) in [5, 5.41) is 3.72. The molecule has 0 amide bonds. The second kappa shape index (κ2) is 7.24. The first-order valence-corrected chi connectivity index (χ1v) is 8.14. The summed E-state index contributed by atoms with van der Waals surface area (Å²) >= 11 is 0. The molecule has 0 aliphatic carbocycles. The third-order valence-corrected chi connectivity index (χ3v) is 4.82. The van der Waals surface area contributed by atoms with Crippen LogP contribution >= 0.6 is 0 Å². The first-order chi connectivity index (χ1) is 9.61. The van der Waals surface area contributed by atoms with Gasteiger partial charge in [-0.15, -0.1) is 0 Å². The fraction of sp³-hybridized carbons (Fsp3) is 0.667. The van der Waals surface area contributed by atoms with Gasteiger partial charge >= 0.3 is 0 Å². The van der Waals surface area contributed by atoms with E-state index in [-0.39, 0.29) is 0 Å². The van der Waals surface area contributed by atoms with Gasteiger partial charge in [-0.1, -0.05) is 43.7 Å². The number of hydrogen-bond donors (Lipinski definition) is 1. The van der Waals surface area contributed by atoms with Crippen molar-refractivity contribution in [3.8, 4) is 0 Å². The quantitative estimate of drug-likeness (QED) is 0.882. The third kappa shape index (κ3) is 3.83. The molecule has 1 aromatic rings. The van der Waals surface area contributed by atoms with Crippen molar-refractivity contribution in [1.82, 2.24) is 10.2 Å². The molecule has 0 spiro atoms. The van der Waals surface area contributed by atoms with Crippen LogP contribution in [0, 0.1) is 12.8 Å². The minimum Gasteiger partial charge on any atom is -0.314 e. The van der Waals surface area contributed by atoms with E-state index in [1.165, 1.54) is 30.5 Å². The van der Waals surface area contributed by atoms with Gasteiger partial charge in [0.1, 0.15) is 0 Å². The van der Waals surface area contributed by atoms with Gasteiger partial charge in [-0.2, -0.15) is 0 Å². The standard InChI is InChI=1S/C18H30N2/c1-5-10-19-18-9-11-20(16(4)15(18)3)13-17-8-6-7-14(2)12-17/h6-8,12,15-16,18-19H,5,9-11,13H2,1-4H3. The monoisotopic (exact) mass is 274 g/mol. The molecule has 2 nitrogen and oxygen atoms in total. The van der Waals surface area contributed by atoms with E-state index in [1.807, 2.05) is 0 Å². The summed E-state index contributed by atoms with van der Waals surface area (Å²) in [5.74, 6) is 0.722. The van der Waals surface area contributed by atoms with Crippen LogP contribution in [0.5, 0.6) is 0 Å². The zero-order chi connectivity index (χ0) is 14.5. The molecule has 1 fully saturated rings. The molecule has 1 aliphatic rings. The number of benzene rings is 1. The summed E-state index contributed by atoms with van der Waals surface area (Å²) in [5.41, 5.74) is 2.81. The molecule has 0 saturated carbocycles. The fourth-order valence-electron chi connectivity index (χ4n) is 3.33. The Kier molecular flexibility index (Phi) is 5.62. The van der Waals surface area contributed by atoms with E-state index in [2.05, 4.69) is 62.2 Å². The van der Waals surface area contributed by atoms with E-state index >= 15 is 0 Å². The first kappa shape index (κ1) is 15.5. The van der Waals surface area contributed by atoms with E-state index in [4.69, 9.17) is 0 Å². The third-order valence-electron chi connectivity index (χ3n) is 4.82. The molecule has 0 radical (unpaired) electrons. The van der Waals surface area contributed by atoms with Gasteiger partial charge < -0.3 is 5.32 Å². The minimum atomic E-state index is 0.651. The van der Waals surface area contributed by atoms with Gasteiger partial charge in [-0.25, -0.2) is 0 Å². The highest BCUT2D eigenvalue weighted by atomic mass is 15.2. The Labute approximate surface area is 124 Å². The van der Waals surface area contributed by atoms with Gasteiger partial charge in [0.25, 0.3) is 0 Å². The van der Waals surface area contributed by atoms with Crippen molar-refractivity contribution in [1.29, 1.82) is 0 Å². The van der Waals surface area contributed by atoms with Crippen LogP contribution in [0.2, 0.25) is 0 Å². The number of piperidine rings is 1. The summed E-state index contributed by atoms with van der Waals surface area (Å²) in [6.45, 7) is 12.7. The van der Waals surface area contributed by atoms with Crippen LogP contribution in [0.3, 0.4) is 0 Å².